The standard InChI is InChI=1S/C11H13Cl2NO2S/c12-8-5-6-11(10(13)7-8)17(15,16)14-9-3-1-2-4-9/h5-7,9,14H,1-4H2. The highest BCUT2D eigenvalue weighted by molar-refractivity contribution is 7.89. The van der Waals surface area contributed by atoms with Crippen LogP contribution < -0.4 is 4.72 Å². The van der Waals surface area contributed by atoms with Crippen LogP contribution in [0.4, 0.5) is 0 Å². The van der Waals surface area contributed by atoms with Crippen LogP contribution in [0.2, 0.25) is 10.0 Å². The van der Waals surface area contributed by atoms with E-state index in [1.165, 1.54) is 18.2 Å². The molecule has 1 aromatic rings. The summed E-state index contributed by atoms with van der Waals surface area (Å²) in [5.41, 5.74) is 0. The Balaban J connectivity index is 2.24. The Hall–Kier alpha value is -0.290. The van der Waals surface area contributed by atoms with Crippen LogP contribution >= 0.6 is 23.2 Å². The molecule has 0 spiro atoms. The summed E-state index contributed by atoms with van der Waals surface area (Å²) in [6, 6.07) is 4.43. The van der Waals surface area contributed by atoms with Gasteiger partial charge in [0.25, 0.3) is 0 Å². The molecule has 0 aromatic heterocycles. The van der Waals surface area contributed by atoms with Crippen LogP contribution in [0.15, 0.2) is 23.1 Å². The number of sulfonamides is 1. The molecular weight excluding hydrogens is 281 g/mol. The molecule has 1 N–H and O–H groups in total. The van der Waals surface area contributed by atoms with E-state index in [1.807, 2.05) is 0 Å². The Morgan fingerprint density at radius 3 is 2.41 bits per heavy atom. The summed E-state index contributed by atoms with van der Waals surface area (Å²) in [6.07, 6.45) is 3.93. The van der Waals surface area contributed by atoms with Gasteiger partial charge in [-0.1, -0.05) is 36.0 Å². The van der Waals surface area contributed by atoms with Crippen molar-refractivity contribution in [1.29, 1.82) is 0 Å². The third kappa shape index (κ3) is 3.13. The lowest BCUT2D eigenvalue weighted by Crippen LogP contribution is -2.32. The Kier molecular flexibility index (Phi) is 3.98. The summed E-state index contributed by atoms with van der Waals surface area (Å²) >= 11 is 11.6. The van der Waals surface area contributed by atoms with E-state index in [-0.39, 0.29) is 16.0 Å². The lowest BCUT2D eigenvalue weighted by atomic mass is 10.3. The summed E-state index contributed by atoms with van der Waals surface area (Å²) < 4.78 is 26.8. The van der Waals surface area contributed by atoms with Gasteiger partial charge in [-0.25, -0.2) is 13.1 Å². The first-order chi connectivity index (χ1) is 7.99. The van der Waals surface area contributed by atoms with E-state index in [0.29, 0.717) is 5.02 Å². The maximum absolute atomic E-state index is 12.1. The van der Waals surface area contributed by atoms with Gasteiger partial charge in [0.05, 0.1) is 5.02 Å². The SMILES string of the molecule is O=S(=O)(NC1CCCC1)c1ccc(Cl)cc1Cl. The highest BCUT2D eigenvalue weighted by Gasteiger charge is 2.24. The van der Waals surface area contributed by atoms with Gasteiger partial charge in [0, 0.05) is 11.1 Å². The number of hydrogen-bond donors (Lipinski definition) is 1. The van der Waals surface area contributed by atoms with Crippen LogP contribution in [-0.4, -0.2) is 14.5 Å². The Labute approximate surface area is 111 Å². The second-order valence-corrected chi connectivity index (χ2v) is 6.70. The van der Waals surface area contributed by atoms with Crippen molar-refractivity contribution in [2.75, 3.05) is 0 Å². The van der Waals surface area contributed by atoms with E-state index in [2.05, 4.69) is 4.72 Å². The van der Waals surface area contributed by atoms with Gasteiger partial charge in [-0.2, -0.15) is 0 Å². The van der Waals surface area contributed by atoms with Gasteiger partial charge in [0.15, 0.2) is 0 Å². The van der Waals surface area contributed by atoms with Crippen LogP contribution in [0, 0.1) is 0 Å². The van der Waals surface area contributed by atoms with E-state index < -0.39 is 10.0 Å². The monoisotopic (exact) mass is 293 g/mol. The molecule has 1 aliphatic carbocycles. The number of hydrogen-bond acceptors (Lipinski definition) is 2. The second-order valence-electron chi connectivity index (χ2n) is 4.18. The minimum atomic E-state index is -3.53. The molecule has 17 heavy (non-hydrogen) atoms. The zero-order valence-electron chi connectivity index (χ0n) is 9.12. The normalized spacial score (nSPS) is 17.5. The Morgan fingerprint density at radius 1 is 1.18 bits per heavy atom. The van der Waals surface area contributed by atoms with Gasteiger partial charge < -0.3 is 0 Å². The Morgan fingerprint density at radius 2 is 1.82 bits per heavy atom. The summed E-state index contributed by atoms with van der Waals surface area (Å²) in [6.45, 7) is 0. The molecule has 94 valence electrons. The number of halogens is 2. The molecule has 0 amide bonds. The molecule has 0 heterocycles. The van der Waals surface area contributed by atoms with Crippen molar-refractivity contribution >= 4 is 33.2 Å². The van der Waals surface area contributed by atoms with E-state index in [9.17, 15) is 8.42 Å². The fraction of sp³-hybridized carbons (Fsp3) is 0.455. The molecule has 0 radical (unpaired) electrons. The molecule has 0 atom stereocenters. The van der Waals surface area contributed by atoms with Crippen LogP contribution in [0.1, 0.15) is 25.7 Å². The molecular formula is C11H13Cl2NO2S. The van der Waals surface area contributed by atoms with Gasteiger partial charge in [-0.15, -0.1) is 0 Å². The topological polar surface area (TPSA) is 46.2 Å². The van der Waals surface area contributed by atoms with E-state index >= 15 is 0 Å². The largest absolute Gasteiger partial charge is 0.242 e. The lowest BCUT2D eigenvalue weighted by molar-refractivity contribution is 0.552. The molecule has 0 aliphatic heterocycles. The summed E-state index contributed by atoms with van der Waals surface area (Å²) in [5.74, 6) is 0. The number of nitrogens with one attached hydrogen (secondary N) is 1. The maximum Gasteiger partial charge on any atom is 0.242 e. The van der Waals surface area contributed by atoms with Crippen molar-refractivity contribution in [3.63, 3.8) is 0 Å². The minimum Gasteiger partial charge on any atom is -0.208 e. The van der Waals surface area contributed by atoms with Gasteiger partial charge in [-0.05, 0) is 31.0 Å². The molecule has 0 bridgehead atoms. The van der Waals surface area contributed by atoms with Crippen molar-refractivity contribution < 1.29 is 8.42 Å². The predicted octanol–water partition coefficient (Wildman–Crippen LogP) is 3.21. The molecule has 3 nitrogen and oxygen atoms in total. The molecule has 1 fully saturated rings. The third-order valence-corrected chi connectivity index (χ3v) is 5.10. The number of rotatable bonds is 3. The summed E-state index contributed by atoms with van der Waals surface area (Å²) in [4.78, 5) is 0.0930. The van der Waals surface area contributed by atoms with Gasteiger partial charge >= 0.3 is 0 Å². The van der Waals surface area contributed by atoms with E-state index in [4.69, 9.17) is 23.2 Å². The molecule has 1 aromatic carbocycles. The van der Waals surface area contributed by atoms with E-state index in [0.717, 1.165) is 25.7 Å². The molecule has 0 saturated heterocycles. The van der Waals surface area contributed by atoms with Gasteiger partial charge in [0.2, 0.25) is 10.0 Å². The van der Waals surface area contributed by atoms with Crippen molar-refractivity contribution in [3.8, 4) is 0 Å². The average Bonchev–Trinajstić information content (AvgIpc) is 2.68. The smallest absolute Gasteiger partial charge is 0.208 e. The van der Waals surface area contributed by atoms with Crippen LogP contribution in [-0.2, 0) is 10.0 Å². The first-order valence-electron chi connectivity index (χ1n) is 5.46. The fourth-order valence-corrected chi connectivity index (χ4v) is 4.10. The molecule has 6 heteroatoms. The van der Waals surface area contributed by atoms with Crippen LogP contribution in [0.25, 0.3) is 0 Å². The van der Waals surface area contributed by atoms with Crippen molar-refractivity contribution in [3.05, 3.63) is 28.2 Å². The van der Waals surface area contributed by atoms with Crippen LogP contribution in [0.3, 0.4) is 0 Å². The fourth-order valence-electron chi connectivity index (χ4n) is 2.02. The summed E-state index contributed by atoms with van der Waals surface area (Å²) in [7, 11) is -3.53. The molecule has 2 rings (SSSR count). The zero-order valence-corrected chi connectivity index (χ0v) is 11.4. The van der Waals surface area contributed by atoms with Gasteiger partial charge in [0.1, 0.15) is 4.90 Å². The Bertz CT molecular complexity index is 510. The highest BCUT2D eigenvalue weighted by Crippen LogP contribution is 2.26. The zero-order chi connectivity index (χ0) is 12.5. The molecule has 1 saturated carbocycles. The second kappa shape index (κ2) is 5.14. The first-order valence-corrected chi connectivity index (χ1v) is 7.70. The molecule has 1 aliphatic rings. The number of benzene rings is 1. The predicted molar refractivity (Wildman–Crippen MR) is 69.0 cm³/mol. The van der Waals surface area contributed by atoms with E-state index in [1.54, 1.807) is 0 Å². The third-order valence-electron chi connectivity index (χ3n) is 2.86. The van der Waals surface area contributed by atoms with Crippen molar-refractivity contribution in [2.45, 2.75) is 36.6 Å². The maximum atomic E-state index is 12.1. The summed E-state index contributed by atoms with van der Waals surface area (Å²) in [5, 5.41) is 0.581. The van der Waals surface area contributed by atoms with Crippen molar-refractivity contribution in [2.24, 2.45) is 0 Å². The highest BCUT2D eigenvalue weighted by atomic mass is 35.5. The quantitative estimate of drug-likeness (QED) is 0.930. The average molecular weight is 294 g/mol. The van der Waals surface area contributed by atoms with Crippen LogP contribution in [0.5, 0.6) is 0 Å². The lowest BCUT2D eigenvalue weighted by Gasteiger charge is -2.13. The van der Waals surface area contributed by atoms with Crippen molar-refractivity contribution in [1.82, 2.24) is 4.72 Å². The minimum absolute atomic E-state index is 0.0340. The first kappa shape index (κ1) is 13.1. The van der Waals surface area contributed by atoms with Gasteiger partial charge in [-0.3, -0.25) is 0 Å². The molecule has 0 unspecified atom stereocenters.